The number of rotatable bonds is 3. The van der Waals surface area contributed by atoms with Gasteiger partial charge < -0.3 is 0 Å². The Kier molecular flexibility index (Phi) is 2.87. The zero-order valence-electron chi connectivity index (χ0n) is 11.5. The molecule has 0 aromatic rings. The molecule has 18 heavy (non-hydrogen) atoms. The zero-order valence-corrected chi connectivity index (χ0v) is 11.5. The molecule has 4 heteroatoms. The van der Waals surface area contributed by atoms with Crippen LogP contribution in [0.4, 0.5) is 0 Å². The molecule has 4 aliphatic rings. The fourth-order valence-corrected chi connectivity index (χ4v) is 4.17. The maximum absolute atomic E-state index is 2.77. The minimum absolute atomic E-state index is 0.292. The molecule has 0 N–H and O–H groups in total. The SMILES string of the molecule is C1CCN(N2CCCCC2(N2CCC2)N2CC2)C1. The summed E-state index contributed by atoms with van der Waals surface area (Å²) in [4.78, 5) is 5.49. The van der Waals surface area contributed by atoms with Gasteiger partial charge in [-0.2, -0.15) is 0 Å². The minimum atomic E-state index is 0.292. The summed E-state index contributed by atoms with van der Waals surface area (Å²) in [6, 6.07) is 0. The number of hydrogen-bond acceptors (Lipinski definition) is 4. The van der Waals surface area contributed by atoms with Crippen LogP contribution in [-0.2, 0) is 0 Å². The van der Waals surface area contributed by atoms with Crippen molar-refractivity contribution in [3.05, 3.63) is 0 Å². The first-order valence-corrected chi connectivity index (χ1v) is 7.94. The van der Waals surface area contributed by atoms with Gasteiger partial charge in [0.15, 0.2) is 0 Å². The van der Waals surface area contributed by atoms with Crippen LogP contribution in [-0.4, -0.2) is 71.4 Å². The molecule has 0 bridgehead atoms. The van der Waals surface area contributed by atoms with Gasteiger partial charge in [-0.3, -0.25) is 9.80 Å². The second-order valence-corrected chi connectivity index (χ2v) is 6.34. The van der Waals surface area contributed by atoms with E-state index >= 15 is 0 Å². The lowest BCUT2D eigenvalue weighted by Crippen LogP contribution is -2.73. The van der Waals surface area contributed by atoms with Gasteiger partial charge in [0, 0.05) is 45.8 Å². The van der Waals surface area contributed by atoms with Crippen LogP contribution in [0.2, 0.25) is 0 Å². The highest BCUT2D eigenvalue weighted by Gasteiger charge is 2.55. The van der Waals surface area contributed by atoms with Gasteiger partial charge in [0.2, 0.25) is 0 Å². The van der Waals surface area contributed by atoms with Gasteiger partial charge in [0.05, 0.1) is 0 Å². The predicted octanol–water partition coefficient (Wildman–Crippen LogP) is 1.16. The Labute approximate surface area is 110 Å². The van der Waals surface area contributed by atoms with Gasteiger partial charge in [-0.1, -0.05) is 0 Å². The third-order valence-corrected chi connectivity index (χ3v) is 5.29. The molecule has 4 saturated heterocycles. The van der Waals surface area contributed by atoms with Crippen LogP contribution in [0.15, 0.2) is 0 Å². The molecule has 1 atom stereocenters. The van der Waals surface area contributed by atoms with Gasteiger partial charge in [0.25, 0.3) is 0 Å². The third-order valence-electron chi connectivity index (χ3n) is 5.29. The summed E-state index contributed by atoms with van der Waals surface area (Å²) in [6.07, 6.45) is 8.36. The maximum Gasteiger partial charge on any atom is 0.144 e. The maximum atomic E-state index is 2.77. The van der Waals surface area contributed by atoms with E-state index in [1.54, 1.807) is 0 Å². The van der Waals surface area contributed by atoms with Gasteiger partial charge in [-0.05, 0) is 38.5 Å². The lowest BCUT2D eigenvalue weighted by molar-refractivity contribution is -0.247. The van der Waals surface area contributed by atoms with Crippen molar-refractivity contribution in [1.29, 1.82) is 0 Å². The van der Waals surface area contributed by atoms with Gasteiger partial charge in [-0.15, -0.1) is 0 Å². The first-order valence-electron chi connectivity index (χ1n) is 7.94. The number of hydrazine groups is 1. The summed E-state index contributed by atoms with van der Waals surface area (Å²) < 4.78 is 0. The van der Waals surface area contributed by atoms with Crippen LogP contribution in [0.5, 0.6) is 0 Å². The summed E-state index contributed by atoms with van der Waals surface area (Å²) >= 11 is 0. The van der Waals surface area contributed by atoms with E-state index in [0.29, 0.717) is 5.79 Å². The topological polar surface area (TPSA) is 12.7 Å². The monoisotopic (exact) mass is 250 g/mol. The Bertz CT molecular complexity index is 307. The molecule has 4 fully saturated rings. The van der Waals surface area contributed by atoms with E-state index in [0.717, 1.165) is 0 Å². The van der Waals surface area contributed by atoms with Gasteiger partial charge in [0.1, 0.15) is 5.79 Å². The number of nitrogens with zero attached hydrogens (tertiary/aromatic N) is 4. The summed E-state index contributed by atoms with van der Waals surface area (Å²) in [7, 11) is 0. The standard InChI is InChI=1S/C14H26N4/c1-2-11-18(17-9-3-4-10-17)14(6-1,16-12-13-16)15-7-5-8-15/h1-13H2. The second kappa shape index (κ2) is 4.44. The molecule has 0 radical (unpaired) electrons. The van der Waals surface area contributed by atoms with Gasteiger partial charge >= 0.3 is 0 Å². The minimum Gasteiger partial charge on any atom is -0.272 e. The summed E-state index contributed by atoms with van der Waals surface area (Å²) in [6.45, 7) is 9.16. The molecular formula is C14H26N4. The Morgan fingerprint density at radius 2 is 1.22 bits per heavy atom. The molecule has 0 aromatic heterocycles. The molecule has 0 aliphatic carbocycles. The average molecular weight is 250 g/mol. The van der Waals surface area contributed by atoms with Crippen molar-refractivity contribution in [2.24, 2.45) is 0 Å². The lowest BCUT2D eigenvalue weighted by Gasteiger charge is -2.59. The van der Waals surface area contributed by atoms with E-state index in [4.69, 9.17) is 0 Å². The number of piperidine rings is 1. The normalized spacial score (nSPS) is 40.0. The van der Waals surface area contributed by atoms with Crippen molar-refractivity contribution in [2.75, 3.05) is 45.8 Å². The predicted molar refractivity (Wildman–Crippen MR) is 71.9 cm³/mol. The van der Waals surface area contributed by atoms with Crippen molar-refractivity contribution in [3.8, 4) is 0 Å². The highest BCUT2D eigenvalue weighted by Crippen LogP contribution is 2.42. The van der Waals surface area contributed by atoms with E-state index in [9.17, 15) is 0 Å². The first kappa shape index (κ1) is 11.6. The van der Waals surface area contributed by atoms with Crippen molar-refractivity contribution in [2.45, 2.75) is 44.3 Å². The number of hydrogen-bond donors (Lipinski definition) is 0. The fourth-order valence-electron chi connectivity index (χ4n) is 4.17. The number of likely N-dealkylation sites (tertiary alicyclic amines) is 1. The Morgan fingerprint density at radius 3 is 1.83 bits per heavy atom. The van der Waals surface area contributed by atoms with Crippen molar-refractivity contribution in [3.63, 3.8) is 0 Å². The van der Waals surface area contributed by atoms with E-state index in [2.05, 4.69) is 19.8 Å². The molecule has 4 heterocycles. The second-order valence-electron chi connectivity index (χ2n) is 6.34. The average Bonchev–Trinajstić information content (AvgIpc) is 3.05. The zero-order chi connectivity index (χ0) is 12.0. The van der Waals surface area contributed by atoms with Crippen LogP contribution in [0.3, 0.4) is 0 Å². The molecule has 4 rings (SSSR count). The largest absolute Gasteiger partial charge is 0.272 e. The quantitative estimate of drug-likeness (QED) is 0.697. The summed E-state index contributed by atoms with van der Waals surface area (Å²) in [5.41, 5.74) is 0. The van der Waals surface area contributed by atoms with Gasteiger partial charge in [-0.25, -0.2) is 10.0 Å². The Hall–Kier alpha value is -0.160. The van der Waals surface area contributed by atoms with Crippen molar-refractivity contribution in [1.82, 2.24) is 19.8 Å². The molecule has 0 aromatic carbocycles. The Balaban J connectivity index is 1.63. The molecule has 4 nitrogen and oxygen atoms in total. The molecule has 1 unspecified atom stereocenters. The summed E-state index contributed by atoms with van der Waals surface area (Å²) in [5.74, 6) is 0.292. The first-order chi connectivity index (χ1) is 8.91. The van der Waals surface area contributed by atoms with Crippen LogP contribution in [0.25, 0.3) is 0 Å². The molecule has 4 aliphatic heterocycles. The van der Waals surface area contributed by atoms with Crippen molar-refractivity contribution < 1.29 is 0 Å². The fraction of sp³-hybridized carbons (Fsp3) is 1.00. The molecule has 0 spiro atoms. The molecule has 0 amide bonds. The lowest BCUT2D eigenvalue weighted by atomic mass is 9.99. The Morgan fingerprint density at radius 1 is 0.556 bits per heavy atom. The highest BCUT2D eigenvalue weighted by molar-refractivity contribution is 5.00. The molecule has 102 valence electrons. The van der Waals surface area contributed by atoms with E-state index in [1.807, 2.05) is 0 Å². The van der Waals surface area contributed by atoms with E-state index in [1.165, 1.54) is 84.3 Å². The van der Waals surface area contributed by atoms with E-state index < -0.39 is 0 Å². The van der Waals surface area contributed by atoms with Crippen LogP contribution < -0.4 is 0 Å². The smallest absolute Gasteiger partial charge is 0.144 e. The van der Waals surface area contributed by atoms with Crippen LogP contribution in [0.1, 0.15) is 38.5 Å². The highest BCUT2D eigenvalue weighted by atomic mass is 15.8. The summed E-state index contributed by atoms with van der Waals surface area (Å²) in [5, 5.41) is 5.45. The molecule has 0 saturated carbocycles. The van der Waals surface area contributed by atoms with Crippen molar-refractivity contribution >= 4 is 0 Å². The third kappa shape index (κ3) is 1.66. The van der Waals surface area contributed by atoms with E-state index in [-0.39, 0.29) is 0 Å². The van der Waals surface area contributed by atoms with Crippen LogP contribution >= 0.6 is 0 Å². The van der Waals surface area contributed by atoms with Crippen LogP contribution in [0, 0.1) is 0 Å². The molecular weight excluding hydrogens is 224 g/mol.